The average molecular weight is 376 g/mol. The molecule has 2 heterocycles. The smallest absolute Gasteiger partial charge is 0.254 e. The minimum atomic E-state index is 0.167. The highest BCUT2D eigenvalue weighted by Gasteiger charge is 2.26. The van der Waals surface area contributed by atoms with E-state index in [9.17, 15) is 9.59 Å². The van der Waals surface area contributed by atoms with Gasteiger partial charge in [0.1, 0.15) is 5.78 Å². The fourth-order valence-corrected chi connectivity index (χ4v) is 4.57. The Kier molecular flexibility index (Phi) is 7.63. The van der Waals surface area contributed by atoms with E-state index in [0.29, 0.717) is 11.3 Å². The van der Waals surface area contributed by atoms with Crippen molar-refractivity contribution in [3.05, 3.63) is 34.0 Å². The first-order valence-electron chi connectivity index (χ1n) is 9.78. The minimum absolute atomic E-state index is 0.167. The molecule has 0 radical (unpaired) electrons. The SMILES string of the molecule is CC(C)=O.CC1(C)CCCN(C(=O)c2csc(C3CC=CCC3)c2)CC1. The second-order valence-corrected chi connectivity index (χ2v) is 9.38. The normalized spacial score (nSPS) is 22.2. The molecule has 1 unspecified atom stereocenters. The number of amides is 1. The van der Waals surface area contributed by atoms with Crippen LogP contribution in [0.3, 0.4) is 0 Å². The topological polar surface area (TPSA) is 37.4 Å². The van der Waals surface area contributed by atoms with E-state index in [-0.39, 0.29) is 11.7 Å². The van der Waals surface area contributed by atoms with Gasteiger partial charge in [-0.1, -0.05) is 26.0 Å². The fourth-order valence-electron chi connectivity index (χ4n) is 3.54. The van der Waals surface area contributed by atoms with Crippen molar-refractivity contribution in [2.75, 3.05) is 13.1 Å². The van der Waals surface area contributed by atoms with E-state index >= 15 is 0 Å². The molecule has 1 aromatic heterocycles. The lowest BCUT2D eigenvalue weighted by Crippen LogP contribution is -2.32. The largest absolute Gasteiger partial charge is 0.339 e. The molecule has 0 aromatic carbocycles. The molecule has 3 rings (SSSR count). The summed E-state index contributed by atoms with van der Waals surface area (Å²) in [6.45, 7) is 9.52. The van der Waals surface area contributed by atoms with Gasteiger partial charge < -0.3 is 9.69 Å². The first-order chi connectivity index (χ1) is 12.3. The highest BCUT2D eigenvalue weighted by Crippen LogP contribution is 2.34. The van der Waals surface area contributed by atoms with Gasteiger partial charge in [0, 0.05) is 23.3 Å². The van der Waals surface area contributed by atoms with Gasteiger partial charge in [-0.25, -0.2) is 0 Å². The Balaban J connectivity index is 0.000000552. The van der Waals surface area contributed by atoms with Crippen molar-refractivity contribution in [3.63, 3.8) is 0 Å². The van der Waals surface area contributed by atoms with Crippen molar-refractivity contribution >= 4 is 23.0 Å². The predicted molar refractivity (Wildman–Crippen MR) is 110 cm³/mol. The Morgan fingerprint density at radius 1 is 1.15 bits per heavy atom. The molecule has 2 aliphatic rings. The zero-order valence-corrected chi connectivity index (χ0v) is 17.5. The summed E-state index contributed by atoms with van der Waals surface area (Å²) < 4.78 is 0. The third kappa shape index (κ3) is 6.39. The second-order valence-electron chi connectivity index (χ2n) is 8.44. The lowest BCUT2D eigenvalue weighted by molar-refractivity contribution is -0.115. The van der Waals surface area contributed by atoms with E-state index in [1.165, 1.54) is 38.0 Å². The quantitative estimate of drug-likeness (QED) is 0.611. The number of carbonyl (C=O) groups is 2. The third-order valence-electron chi connectivity index (χ3n) is 5.17. The second kappa shape index (κ2) is 9.50. The lowest BCUT2D eigenvalue weighted by Gasteiger charge is -2.23. The Labute approximate surface area is 162 Å². The number of likely N-dealkylation sites (tertiary alicyclic amines) is 1. The zero-order chi connectivity index (χ0) is 19.2. The van der Waals surface area contributed by atoms with Crippen LogP contribution in [0.5, 0.6) is 0 Å². The summed E-state index contributed by atoms with van der Waals surface area (Å²) in [4.78, 5) is 25.7. The van der Waals surface area contributed by atoms with Crippen LogP contribution < -0.4 is 0 Å². The molecule has 144 valence electrons. The van der Waals surface area contributed by atoms with Crippen molar-refractivity contribution in [2.24, 2.45) is 5.41 Å². The number of rotatable bonds is 2. The van der Waals surface area contributed by atoms with Gasteiger partial charge in [-0.05, 0) is 69.8 Å². The summed E-state index contributed by atoms with van der Waals surface area (Å²) in [5.41, 5.74) is 1.29. The van der Waals surface area contributed by atoms with Crippen LogP contribution >= 0.6 is 11.3 Å². The number of thiophene rings is 1. The standard InChI is InChI=1S/C19H27NOS.C3H6O/c1-19(2)9-6-11-20(12-10-19)18(21)16-13-17(22-14-16)15-7-4-3-5-8-15;1-3(2)4/h3-4,13-15H,5-12H2,1-2H3;1-2H3. The molecule has 0 spiro atoms. The summed E-state index contributed by atoms with van der Waals surface area (Å²) in [5.74, 6) is 1.03. The molecule has 0 bridgehead atoms. The van der Waals surface area contributed by atoms with Crippen LogP contribution in [0.4, 0.5) is 0 Å². The minimum Gasteiger partial charge on any atom is -0.339 e. The molecule has 1 aromatic rings. The Bertz CT molecular complexity index is 640. The van der Waals surface area contributed by atoms with E-state index in [4.69, 9.17) is 0 Å². The first kappa shape index (κ1) is 20.9. The van der Waals surface area contributed by atoms with Crippen molar-refractivity contribution in [1.82, 2.24) is 4.90 Å². The highest BCUT2D eigenvalue weighted by molar-refractivity contribution is 7.10. The maximum Gasteiger partial charge on any atom is 0.254 e. The van der Waals surface area contributed by atoms with Crippen LogP contribution in [0.25, 0.3) is 0 Å². The number of carbonyl (C=O) groups excluding carboxylic acids is 2. The molecule has 1 fully saturated rings. The summed E-state index contributed by atoms with van der Waals surface area (Å²) in [6.07, 6.45) is 11.6. The summed E-state index contributed by atoms with van der Waals surface area (Å²) in [7, 11) is 0. The monoisotopic (exact) mass is 375 g/mol. The molecular weight excluding hydrogens is 342 g/mol. The van der Waals surface area contributed by atoms with Crippen LogP contribution in [0, 0.1) is 5.41 Å². The van der Waals surface area contributed by atoms with Crippen LogP contribution in [0.2, 0.25) is 0 Å². The van der Waals surface area contributed by atoms with E-state index < -0.39 is 0 Å². The molecule has 1 aliphatic heterocycles. The number of ketones is 1. The predicted octanol–water partition coefficient (Wildman–Crippen LogP) is 5.82. The summed E-state index contributed by atoms with van der Waals surface area (Å²) in [6, 6.07) is 2.16. The molecule has 4 heteroatoms. The first-order valence-corrected chi connectivity index (χ1v) is 10.7. The fraction of sp³-hybridized carbons (Fsp3) is 0.636. The molecule has 1 saturated heterocycles. The van der Waals surface area contributed by atoms with Gasteiger partial charge in [-0.3, -0.25) is 4.79 Å². The number of nitrogens with zero attached hydrogens (tertiary/aromatic N) is 1. The number of allylic oxidation sites excluding steroid dienone is 2. The van der Waals surface area contributed by atoms with E-state index in [2.05, 4.69) is 42.3 Å². The van der Waals surface area contributed by atoms with Crippen LogP contribution in [-0.4, -0.2) is 29.7 Å². The van der Waals surface area contributed by atoms with Crippen LogP contribution in [0.1, 0.15) is 87.4 Å². The highest BCUT2D eigenvalue weighted by atomic mass is 32.1. The molecule has 26 heavy (non-hydrogen) atoms. The van der Waals surface area contributed by atoms with Gasteiger partial charge in [0.2, 0.25) is 0 Å². The Hall–Kier alpha value is -1.42. The van der Waals surface area contributed by atoms with Crippen molar-refractivity contribution < 1.29 is 9.59 Å². The number of hydrogen-bond acceptors (Lipinski definition) is 3. The van der Waals surface area contributed by atoms with Crippen molar-refractivity contribution in [2.45, 2.75) is 72.1 Å². The number of hydrogen-bond donors (Lipinski definition) is 0. The molecule has 1 amide bonds. The van der Waals surface area contributed by atoms with Gasteiger partial charge in [0.05, 0.1) is 5.56 Å². The summed E-state index contributed by atoms with van der Waals surface area (Å²) >= 11 is 1.77. The molecule has 0 saturated carbocycles. The van der Waals surface area contributed by atoms with Gasteiger partial charge in [0.25, 0.3) is 5.91 Å². The molecular formula is C22H33NO2S. The van der Waals surface area contributed by atoms with E-state index in [1.807, 2.05) is 0 Å². The van der Waals surface area contributed by atoms with Crippen molar-refractivity contribution in [1.29, 1.82) is 0 Å². The average Bonchev–Trinajstić information content (AvgIpc) is 3.00. The van der Waals surface area contributed by atoms with Crippen LogP contribution in [-0.2, 0) is 4.79 Å². The van der Waals surface area contributed by atoms with Gasteiger partial charge >= 0.3 is 0 Å². The lowest BCUT2D eigenvalue weighted by atomic mass is 9.85. The zero-order valence-electron chi connectivity index (χ0n) is 16.7. The van der Waals surface area contributed by atoms with Crippen molar-refractivity contribution in [3.8, 4) is 0 Å². The Morgan fingerprint density at radius 3 is 2.54 bits per heavy atom. The molecule has 3 nitrogen and oxygen atoms in total. The summed E-state index contributed by atoms with van der Waals surface area (Å²) in [5, 5.41) is 2.08. The molecule has 0 N–H and O–H groups in total. The van der Waals surface area contributed by atoms with Gasteiger partial charge in [0.15, 0.2) is 0 Å². The third-order valence-corrected chi connectivity index (χ3v) is 6.26. The maximum atomic E-state index is 12.8. The number of Topliss-reactive ketones (excluding diaryl/α,β-unsaturated/α-hetero) is 1. The van der Waals surface area contributed by atoms with Gasteiger partial charge in [-0.2, -0.15) is 0 Å². The molecule has 1 aliphatic carbocycles. The Morgan fingerprint density at radius 2 is 1.88 bits per heavy atom. The van der Waals surface area contributed by atoms with E-state index in [0.717, 1.165) is 37.9 Å². The van der Waals surface area contributed by atoms with Gasteiger partial charge in [-0.15, -0.1) is 11.3 Å². The molecule has 1 atom stereocenters. The van der Waals surface area contributed by atoms with E-state index in [1.54, 1.807) is 11.3 Å². The maximum absolute atomic E-state index is 12.8. The van der Waals surface area contributed by atoms with Crippen LogP contribution in [0.15, 0.2) is 23.6 Å².